The molecule has 2 aliphatic rings. The molecule has 1 aliphatic heterocycles. The maximum absolute atomic E-state index is 11.9. The molecule has 7 nitrogen and oxygen atoms in total. The van der Waals surface area contributed by atoms with Crippen LogP contribution in [0.2, 0.25) is 6.32 Å². The fourth-order valence-corrected chi connectivity index (χ4v) is 3.89. The molecule has 1 saturated heterocycles. The summed E-state index contributed by atoms with van der Waals surface area (Å²) in [5.74, 6) is -1.29. The van der Waals surface area contributed by atoms with Crippen molar-refractivity contribution >= 4 is 18.8 Å². The summed E-state index contributed by atoms with van der Waals surface area (Å²) in [5.41, 5.74) is 13.4. The van der Waals surface area contributed by atoms with Crippen molar-refractivity contribution in [3.63, 3.8) is 0 Å². The molecule has 1 aromatic carbocycles. The van der Waals surface area contributed by atoms with Crippen LogP contribution in [0.15, 0.2) is 18.2 Å². The molecule has 0 radical (unpaired) electrons. The van der Waals surface area contributed by atoms with E-state index in [1.165, 1.54) is 0 Å². The first-order chi connectivity index (χ1) is 11.3. The number of benzene rings is 1. The predicted molar refractivity (Wildman–Crippen MR) is 91.6 cm³/mol. The third kappa shape index (κ3) is 2.90. The SMILES string of the molecule is NC1CN(c2ccc3c(c2)C[C@H](CCCB(O)O)[C@]3(N)C(=O)O)C1. The van der Waals surface area contributed by atoms with Crippen molar-refractivity contribution in [3.05, 3.63) is 29.3 Å². The van der Waals surface area contributed by atoms with Gasteiger partial charge in [-0.05, 0) is 48.3 Å². The highest BCUT2D eigenvalue weighted by atomic mass is 16.4. The lowest BCUT2D eigenvalue weighted by atomic mass is 9.77. The molecule has 0 amide bonds. The monoisotopic (exact) mass is 333 g/mol. The zero-order valence-corrected chi connectivity index (χ0v) is 13.6. The molecule has 8 heteroatoms. The van der Waals surface area contributed by atoms with Gasteiger partial charge in [0.1, 0.15) is 5.54 Å². The summed E-state index contributed by atoms with van der Waals surface area (Å²) in [4.78, 5) is 14.0. The van der Waals surface area contributed by atoms with E-state index in [1.54, 1.807) is 0 Å². The van der Waals surface area contributed by atoms with Crippen LogP contribution in [-0.4, -0.2) is 47.4 Å². The Hall–Kier alpha value is -1.61. The van der Waals surface area contributed by atoms with E-state index in [1.807, 2.05) is 18.2 Å². The smallest absolute Gasteiger partial charge is 0.451 e. The largest absolute Gasteiger partial charge is 0.480 e. The molecule has 2 atom stereocenters. The van der Waals surface area contributed by atoms with E-state index in [-0.39, 0.29) is 18.3 Å². The van der Waals surface area contributed by atoms with Crippen LogP contribution >= 0.6 is 0 Å². The van der Waals surface area contributed by atoms with Gasteiger partial charge in [-0.2, -0.15) is 0 Å². The van der Waals surface area contributed by atoms with Gasteiger partial charge in [0.05, 0.1) is 0 Å². The van der Waals surface area contributed by atoms with Gasteiger partial charge in [-0.25, -0.2) is 4.79 Å². The normalized spacial score (nSPS) is 26.2. The number of rotatable bonds is 6. The van der Waals surface area contributed by atoms with Crippen molar-refractivity contribution in [2.24, 2.45) is 17.4 Å². The molecule has 0 aromatic heterocycles. The average molecular weight is 333 g/mol. The lowest BCUT2D eigenvalue weighted by Crippen LogP contribution is -2.55. The molecular weight excluding hydrogens is 309 g/mol. The Labute approximate surface area is 141 Å². The summed E-state index contributed by atoms with van der Waals surface area (Å²) in [6.45, 7) is 1.62. The highest BCUT2D eigenvalue weighted by molar-refractivity contribution is 6.40. The van der Waals surface area contributed by atoms with E-state index < -0.39 is 18.6 Å². The minimum absolute atomic E-state index is 0.198. The number of nitrogens with two attached hydrogens (primary N) is 2. The average Bonchev–Trinajstić information content (AvgIpc) is 2.77. The Morgan fingerprint density at radius 3 is 2.67 bits per heavy atom. The maximum Gasteiger partial charge on any atom is 0.451 e. The zero-order chi connectivity index (χ0) is 17.5. The van der Waals surface area contributed by atoms with Crippen molar-refractivity contribution < 1.29 is 19.9 Å². The van der Waals surface area contributed by atoms with Gasteiger partial charge < -0.3 is 31.5 Å². The molecule has 0 spiro atoms. The summed E-state index contributed by atoms with van der Waals surface area (Å²) in [6.07, 6.45) is 1.88. The maximum atomic E-state index is 11.9. The molecule has 3 rings (SSSR count). The summed E-state index contributed by atoms with van der Waals surface area (Å²) in [5, 5.41) is 27.7. The molecule has 0 saturated carbocycles. The van der Waals surface area contributed by atoms with Crippen molar-refractivity contribution in [1.29, 1.82) is 0 Å². The number of hydrogen-bond donors (Lipinski definition) is 5. The molecule has 1 fully saturated rings. The van der Waals surface area contributed by atoms with Gasteiger partial charge in [0, 0.05) is 24.8 Å². The van der Waals surface area contributed by atoms with Crippen LogP contribution in [0.1, 0.15) is 24.0 Å². The number of hydrogen-bond acceptors (Lipinski definition) is 6. The Bertz CT molecular complexity index is 636. The molecular formula is C16H24BN3O4. The highest BCUT2D eigenvalue weighted by Gasteiger charge is 2.49. The standard InChI is InChI=1S/C16H24BN3O4/c18-12-8-20(9-12)13-3-4-14-10(7-13)6-11(2-1-5-17(23)24)16(14,19)15(21)22/h3-4,7,11-12,23-24H,1-2,5-6,8-9,18-19H2,(H,21,22)/t11-,16+/m0/s1. The Morgan fingerprint density at radius 2 is 2.08 bits per heavy atom. The van der Waals surface area contributed by atoms with Crippen molar-refractivity contribution in [1.82, 2.24) is 0 Å². The van der Waals surface area contributed by atoms with Gasteiger partial charge in [0.25, 0.3) is 0 Å². The number of nitrogens with zero attached hydrogens (tertiary/aromatic N) is 1. The first-order valence-electron chi connectivity index (χ1n) is 8.34. The Morgan fingerprint density at radius 1 is 1.38 bits per heavy atom. The van der Waals surface area contributed by atoms with Gasteiger partial charge in [0.2, 0.25) is 0 Å². The minimum atomic E-state index is -1.42. The summed E-state index contributed by atoms with van der Waals surface area (Å²) < 4.78 is 0. The third-order valence-corrected chi connectivity index (χ3v) is 5.29. The summed E-state index contributed by atoms with van der Waals surface area (Å²) >= 11 is 0. The van der Waals surface area contributed by atoms with Crippen LogP contribution in [0.25, 0.3) is 0 Å². The molecule has 1 aliphatic carbocycles. The predicted octanol–water partition coefficient (Wildman–Crippen LogP) is -0.502. The van der Waals surface area contributed by atoms with Crippen molar-refractivity contribution in [2.75, 3.05) is 18.0 Å². The molecule has 130 valence electrons. The number of carboxylic acid groups (broad SMARTS) is 1. The van der Waals surface area contributed by atoms with Crippen molar-refractivity contribution in [2.45, 2.75) is 37.2 Å². The quantitative estimate of drug-likeness (QED) is 0.443. The molecule has 7 N–H and O–H groups in total. The van der Waals surface area contributed by atoms with E-state index in [2.05, 4.69) is 4.90 Å². The highest BCUT2D eigenvalue weighted by Crippen LogP contribution is 2.44. The van der Waals surface area contributed by atoms with Gasteiger partial charge in [-0.3, -0.25) is 0 Å². The second-order valence-electron chi connectivity index (χ2n) is 6.99. The minimum Gasteiger partial charge on any atom is -0.480 e. The summed E-state index contributed by atoms with van der Waals surface area (Å²) in [7, 11) is -1.37. The molecule has 24 heavy (non-hydrogen) atoms. The van der Waals surface area contributed by atoms with Crippen LogP contribution in [-0.2, 0) is 16.8 Å². The molecule has 0 unspecified atom stereocenters. The fraction of sp³-hybridized carbons (Fsp3) is 0.562. The van der Waals surface area contributed by atoms with E-state index >= 15 is 0 Å². The second-order valence-corrected chi connectivity index (χ2v) is 6.99. The van der Waals surface area contributed by atoms with Crippen molar-refractivity contribution in [3.8, 4) is 0 Å². The second kappa shape index (κ2) is 6.36. The zero-order valence-electron chi connectivity index (χ0n) is 13.6. The number of carbonyl (C=O) groups is 1. The van der Waals surface area contributed by atoms with Gasteiger partial charge in [-0.1, -0.05) is 12.5 Å². The molecule has 1 aromatic rings. The number of carboxylic acids is 1. The van der Waals surface area contributed by atoms with Gasteiger partial charge >= 0.3 is 13.1 Å². The first-order valence-corrected chi connectivity index (χ1v) is 8.34. The van der Waals surface area contributed by atoms with Crippen LogP contribution in [0.3, 0.4) is 0 Å². The molecule has 1 heterocycles. The first kappa shape index (κ1) is 17.2. The fourth-order valence-electron chi connectivity index (χ4n) is 3.89. The van der Waals surface area contributed by atoms with Gasteiger partial charge in [-0.15, -0.1) is 0 Å². The van der Waals surface area contributed by atoms with Crippen LogP contribution in [0.4, 0.5) is 5.69 Å². The van der Waals surface area contributed by atoms with E-state index in [4.69, 9.17) is 21.5 Å². The number of anilines is 1. The summed E-state index contributed by atoms with van der Waals surface area (Å²) in [6, 6.07) is 5.95. The van der Waals surface area contributed by atoms with E-state index in [0.29, 0.717) is 24.8 Å². The Kier molecular flexibility index (Phi) is 4.57. The van der Waals surface area contributed by atoms with Crippen LogP contribution in [0.5, 0.6) is 0 Å². The third-order valence-electron chi connectivity index (χ3n) is 5.29. The number of fused-ring (bicyclic) bond motifs is 1. The number of aliphatic carboxylic acids is 1. The lowest BCUT2D eigenvalue weighted by Gasteiger charge is -2.39. The topological polar surface area (TPSA) is 133 Å². The van der Waals surface area contributed by atoms with E-state index in [9.17, 15) is 9.90 Å². The van der Waals surface area contributed by atoms with Gasteiger partial charge in [0.15, 0.2) is 0 Å². The Balaban J connectivity index is 1.82. The van der Waals surface area contributed by atoms with Crippen LogP contribution in [0, 0.1) is 5.92 Å². The van der Waals surface area contributed by atoms with E-state index in [0.717, 1.165) is 24.3 Å². The lowest BCUT2D eigenvalue weighted by molar-refractivity contribution is -0.145. The van der Waals surface area contributed by atoms with Crippen LogP contribution < -0.4 is 16.4 Å². The molecule has 0 bridgehead atoms.